The summed E-state index contributed by atoms with van der Waals surface area (Å²) in [7, 11) is 1.48. The van der Waals surface area contributed by atoms with Gasteiger partial charge in [-0.25, -0.2) is 0 Å². The number of ether oxygens (including phenoxy) is 1. The first kappa shape index (κ1) is 11.4. The molecular formula is C11H13N3O3. The standard InChI is InChI=1S/C11H13N3O3/c1-17-9-6-12-3-2-8(9)11(16)14-5-4-13-10(15)7-14/h2-3,6H,4-5,7H2,1H3,(H,13,15). The summed E-state index contributed by atoms with van der Waals surface area (Å²) in [6, 6.07) is 1.59. The van der Waals surface area contributed by atoms with Crippen molar-refractivity contribution in [3.05, 3.63) is 24.0 Å². The van der Waals surface area contributed by atoms with Crippen LogP contribution in [0.5, 0.6) is 5.75 Å². The second-order valence-corrected chi connectivity index (χ2v) is 3.65. The Kier molecular flexibility index (Phi) is 3.22. The highest BCUT2D eigenvalue weighted by Gasteiger charge is 2.24. The van der Waals surface area contributed by atoms with Crippen molar-refractivity contribution in [2.45, 2.75) is 0 Å². The van der Waals surface area contributed by atoms with Gasteiger partial charge >= 0.3 is 0 Å². The van der Waals surface area contributed by atoms with Crippen LogP contribution in [-0.4, -0.2) is 48.4 Å². The molecule has 6 nitrogen and oxygen atoms in total. The van der Waals surface area contributed by atoms with E-state index in [0.29, 0.717) is 24.4 Å². The molecule has 1 aliphatic heterocycles. The average Bonchev–Trinajstić information content (AvgIpc) is 2.38. The molecule has 1 fully saturated rings. The first-order chi connectivity index (χ1) is 8.22. The van der Waals surface area contributed by atoms with Crippen LogP contribution in [0.4, 0.5) is 0 Å². The molecule has 1 aromatic heterocycles. The fourth-order valence-electron chi connectivity index (χ4n) is 1.70. The highest BCUT2D eigenvalue weighted by Crippen LogP contribution is 2.18. The number of carbonyl (C=O) groups excluding carboxylic acids is 2. The van der Waals surface area contributed by atoms with E-state index in [4.69, 9.17) is 4.74 Å². The van der Waals surface area contributed by atoms with E-state index in [9.17, 15) is 9.59 Å². The monoisotopic (exact) mass is 235 g/mol. The van der Waals surface area contributed by atoms with Crippen molar-refractivity contribution in [3.63, 3.8) is 0 Å². The molecule has 1 saturated heterocycles. The Bertz CT molecular complexity index is 447. The summed E-state index contributed by atoms with van der Waals surface area (Å²) in [5.41, 5.74) is 0.428. The fraction of sp³-hybridized carbons (Fsp3) is 0.364. The van der Waals surface area contributed by atoms with E-state index >= 15 is 0 Å². The molecule has 0 bridgehead atoms. The Hall–Kier alpha value is -2.11. The van der Waals surface area contributed by atoms with Crippen LogP contribution >= 0.6 is 0 Å². The molecule has 6 heteroatoms. The Morgan fingerprint density at radius 2 is 2.41 bits per heavy atom. The molecule has 0 radical (unpaired) electrons. The minimum absolute atomic E-state index is 0.0876. The summed E-state index contributed by atoms with van der Waals surface area (Å²) in [5.74, 6) is 0.0696. The van der Waals surface area contributed by atoms with E-state index in [1.54, 1.807) is 6.07 Å². The fourth-order valence-corrected chi connectivity index (χ4v) is 1.70. The Balaban J connectivity index is 2.21. The van der Waals surface area contributed by atoms with Crippen LogP contribution in [0.15, 0.2) is 18.5 Å². The van der Waals surface area contributed by atoms with Gasteiger partial charge in [0.05, 0.1) is 25.4 Å². The molecule has 2 rings (SSSR count). The second kappa shape index (κ2) is 4.82. The third-order valence-corrected chi connectivity index (χ3v) is 2.56. The van der Waals surface area contributed by atoms with E-state index in [-0.39, 0.29) is 18.4 Å². The largest absolute Gasteiger partial charge is 0.494 e. The van der Waals surface area contributed by atoms with Crippen LogP contribution in [0.1, 0.15) is 10.4 Å². The number of hydrogen-bond acceptors (Lipinski definition) is 4. The van der Waals surface area contributed by atoms with Gasteiger partial charge in [0.1, 0.15) is 5.75 Å². The number of hydrogen-bond donors (Lipinski definition) is 1. The van der Waals surface area contributed by atoms with Crippen molar-refractivity contribution in [1.29, 1.82) is 0 Å². The highest BCUT2D eigenvalue weighted by atomic mass is 16.5. The van der Waals surface area contributed by atoms with Gasteiger partial charge in [0.2, 0.25) is 5.91 Å². The highest BCUT2D eigenvalue weighted by molar-refractivity contribution is 5.99. The van der Waals surface area contributed by atoms with Crippen molar-refractivity contribution in [2.75, 3.05) is 26.7 Å². The van der Waals surface area contributed by atoms with Crippen molar-refractivity contribution < 1.29 is 14.3 Å². The lowest BCUT2D eigenvalue weighted by atomic mass is 10.2. The van der Waals surface area contributed by atoms with Gasteiger partial charge in [-0.3, -0.25) is 14.6 Å². The predicted octanol–water partition coefficient (Wildman–Crippen LogP) is -0.338. The van der Waals surface area contributed by atoms with Gasteiger partial charge in [-0.05, 0) is 6.07 Å². The Morgan fingerprint density at radius 3 is 3.12 bits per heavy atom. The zero-order valence-corrected chi connectivity index (χ0v) is 9.47. The molecule has 0 aromatic carbocycles. The third kappa shape index (κ3) is 2.35. The van der Waals surface area contributed by atoms with E-state index in [2.05, 4.69) is 10.3 Å². The molecule has 2 amide bonds. The number of rotatable bonds is 2. The van der Waals surface area contributed by atoms with Gasteiger partial charge in [-0.1, -0.05) is 0 Å². The molecule has 0 atom stereocenters. The van der Waals surface area contributed by atoms with E-state index in [1.165, 1.54) is 24.4 Å². The van der Waals surface area contributed by atoms with Gasteiger partial charge in [0.15, 0.2) is 0 Å². The zero-order valence-electron chi connectivity index (χ0n) is 9.47. The van der Waals surface area contributed by atoms with Crippen LogP contribution < -0.4 is 10.1 Å². The lowest BCUT2D eigenvalue weighted by molar-refractivity contribution is -0.123. The van der Waals surface area contributed by atoms with E-state index in [1.807, 2.05) is 0 Å². The first-order valence-corrected chi connectivity index (χ1v) is 5.26. The van der Waals surface area contributed by atoms with Gasteiger partial charge in [0.25, 0.3) is 5.91 Å². The van der Waals surface area contributed by atoms with Crippen molar-refractivity contribution in [3.8, 4) is 5.75 Å². The van der Waals surface area contributed by atoms with Crippen molar-refractivity contribution in [1.82, 2.24) is 15.2 Å². The number of nitrogens with one attached hydrogen (secondary N) is 1. The third-order valence-electron chi connectivity index (χ3n) is 2.56. The molecule has 0 unspecified atom stereocenters. The quantitative estimate of drug-likeness (QED) is 0.761. The van der Waals surface area contributed by atoms with Crippen LogP contribution in [0.25, 0.3) is 0 Å². The van der Waals surface area contributed by atoms with E-state index < -0.39 is 0 Å². The molecule has 17 heavy (non-hydrogen) atoms. The lowest BCUT2D eigenvalue weighted by Gasteiger charge is -2.27. The number of aromatic nitrogens is 1. The summed E-state index contributed by atoms with van der Waals surface area (Å²) in [6.07, 6.45) is 3.01. The normalized spacial score (nSPS) is 15.4. The van der Waals surface area contributed by atoms with Gasteiger partial charge in [0, 0.05) is 19.3 Å². The van der Waals surface area contributed by atoms with Crippen molar-refractivity contribution >= 4 is 11.8 Å². The minimum atomic E-state index is -0.209. The summed E-state index contributed by atoms with van der Waals surface area (Å²) in [4.78, 5) is 28.8. The maximum atomic E-state index is 12.2. The Morgan fingerprint density at radius 1 is 1.59 bits per heavy atom. The molecule has 0 saturated carbocycles. The molecule has 2 heterocycles. The smallest absolute Gasteiger partial charge is 0.258 e. The maximum absolute atomic E-state index is 12.2. The van der Waals surface area contributed by atoms with Crippen LogP contribution in [-0.2, 0) is 4.79 Å². The number of nitrogens with zero attached hydrogens (tertiary/aromatic N) is 2. The molecular weight excluding hydrogens is 222 g/mol. The van der Waals surface area contributed by atoms with Gasteiger partial charge in [-0.15, -0.1) is 0 Å². The first-order valence-electron chi connectivity index (χ1n) is 5.26. The average molecular weight is 235 g/mol. The molecule has 0 aliphatic carbocycles. The number of pyridine rings is 1. The predicted molar refractivity (Wildman–Crippen MR) is 59.7 cm³/mol. The lowest BCUT2D eigenvalue weighted by Crippen LogP contribution is -2.50. The topological polar surface area (TPSA) is 71.5 Å². The summed E-state index contributed by atoms with van der Waals surface area (Å²) in [6.45, 7) is 1.08. The van der Waals surface area contributed by atoms with Gasteiger partial charge < -0.3 is 15.0 Å². The number of piperazine rings is 1. The SMILES string of the molecule is COc1cnccc1C(=O)N1CCNC(=O)C1. The molecule has 1 aromatic rings. The second-order valence-electron chi connectivity index (χ2n) is 3.65. The number of carbonyl (C=O) groups is 2. The molecule has 0 spiro atoms. The zero-order chi connectivity index (χ0) is 12.3. The number of amides is 2. The summed E-state index contributed by atoms with van der Waals surface area (Å²) in [5, 5.41) is 2.67. The number of methoxy groups -OCH3 is 1. The molecule has 1 N–H and O–H groups in total. The summed E-state index contributed by atoms with van der Waals surface area (Å²) < 4.78 is 5.07. The maximum Gasteiger partial charge on any atom is 0.258 e. The summed E-state index contributed by atoms with van der Waals surface area (Å²) >= 11 is 0. The Labute approximate surface area is 98.6 Å². The van der Waals surface area contributed by atoms with Crippen LogP contribution in [0.2, 0.25) is 0 Å². The minimum Gasteiger partial charge on any atom is -0.494 e. The molecule has 1 aliphatic rings. The van der Waals surface area contributed by atoms with Crippen LogP contribution in [0, 0.1) is 0 Å². The van der Waals surface area contributed by atoms with Crippen molar-refractivity contribution in [2.24, 2.45) is 0 Å². The van der Waals surface area contributed by atoms with Gasteiger partial charge in [-0.2, -0.15) is 0 Å². The van der Waals surface area contributed by atoms with E-state index in [0.717, 1.165) is 0 Å². The van der Waals surface area contributed by atoms with Crippen LogP contribution in [0.3, 0.4) is 0 Å². The molecule has 90 valence electrons.